The van der Waals surface area contributed by atoms with Gasteiger partial charge in [0, 0.05) is 16.9 Å². The zero-order chi connectivity index (χ0) is 20.6. The maximum atomic E-state index is 12.6. The van der Waals surface area contributed by atoms with Gasteiger partial charge in [-0.15, -0.1) is 0 Å². The number of nitrogens with one attached hydrogen (secondary N) is 2. The molecule has 0 spiro atoms. The Morgan fingerprint density at radius 1 is 1.17 bits per heavy atom. The molecule has 2 aromatic carbocycles. The van der Waals surface area contributed by atoms with Crippen molar-refractivity contribution in [1.29, 1.82) is 0 Å². The Morgan fingerprint density at radius 3 is 2.55 bits per heavy atom. The van der Waals surface area contributed by atoms with Crippen LogP contribution < -0.4 is 15.4 Å². The van der Waals surface area contributed by atoms with E-state index in [-0.39, 0.29) is 18.7 Å². The minimum atomic E-state index is -0.351. The number of rotatable bonds is 8. The number of hydrogen-bond donors (Lipinski definition) is 3. The number of aliphatic hydroxyl groups is 1. The maximum Gasteiger partial charge on any atom is 0.319 e. The van der Waals surface area contributed by atoms with Gasteiger partial charge in [0.1, 0.15) is 5.75 Å². The molecule has 1 atom stereocenters. The van der Waals surface area contributed by atoms with Crippen LogP contribution in [0.3, 0.4) is 0 Å². The van der Waals surface area contributed by atoms with Crippen molar-refractivity contribution in [2.75, 3.05) is 19.0 Å². The van der Waals surface area contributed by atoms with Gasteiger partial charge in [-0.3, -0.25) is 4.68 Å². The highest BCUT2D eigenvalue weighted by Gasteiger charge is 2.18. The lowest BCUT2D eigenvalue weighted by Crippen LogP contribution is -2.34. The third kappa shape index (κ3) is 5.97. The van der Waals surface area contributed by atoms with Gasteiger partial charge in [-0.25, -0.2) is 4.79 Å². The summed E-state index contributed by atoms with van der Waals surface area (Å²) < 4.78 is 6.85. The summed E-state index contributed by atoms with van der Waals surface area (Å²) in [6.45, 7) is 0.390. The van der Waals surface area contributed by atoms with Gasteiger partial charge in [0.15, 0.2) is 0 Å². The van der Waals surface area contributed by atoms with Gasteiger partial charge in [0.25, 0.3) is 0 Å². The predicted octanol–water partition coefficient (Wildman–Crippen LogP) is 3.64. The molecule has 0 radical (unpaired) electrons. The van der Waals surface area contributed by atoms with Crippen molar-refractivity contribution < 1.29 is 14.6 Å². The number of anilines is 1. The van der Waals surface area contributed by atoms with Crippen LogP contribution >= 0.6 is 11.6 Å². The SMILES string of the molecule is COc1ccc(C[C@H](NC(=O)Nc2ccc(Cl)cc2)c2ccn(CCO)n2)cc1. The third-order valence-electron chi connectivity index (χ3n) is 4.35. The number of aromatic nitrogens is 2. The number of ether oxygens (including phenoxy) is 1. The summed E-state index contributed by atoms with van der Waals surface area (Å²) >= 11 is 5.89. The summed E-state index contributed by atoms with van der Waals surface area (Å²) in [7, 11) is 1.62. The summed E-state index contributed by atoms with van der Waals surface area (Å²) in [6.07, 6.45) is 2.33. The Balaban J connectivity index is 1.75. The lowest BCUT2D eigenvalue weighted by Gasteiger charge is -2.18. The van der Waals surface area contributed by atoms with E-state index in [1.165, 1.54) is 0 Å². The molecular formula is C21H23ClN4O3. The van der Waals surface area contributed by atoms with E-state index in [2.05, 4.69) is 15.7 Å². The Kier molecular flexibility index (Phi) is 7.10. The zero-order valence-electron chi connectivity index (χ0n) is 16.0. The summed E-state index contributed by atoms with van der Waals surface area (Å²) in [6, 6.07) is 15.7. The van der Waals surface area contributed by atoms with Crippen LogP contribution in [0.1, 0.15) is 17.3 Å². The number of benzene rings is 2. The average molecular weight is 415 g/mol. The van der Waals surface area contributed by atoms with E-state index in [1.807, 2.05) is 30.3 Å². The first-order valence-electron chi connectivity index (χ1n) is 9.17. The van der Waals surface area contributed by atoms with Crippen molar-refractivity contribution in [3.05, 3.63) is 77.1 Å². The van der Waals surface area contributed by atoms with Crippen molar-refractivity contribution in [2.24, 2.45) is 0 Å². The van der Waals surface area contributed by atoms with Crippen LogP contribution in [0.15, 0.2) is 60.8 Å². The molecule has 0 unspecified atom stereocenters. The number of nitrogens with zero attached hydrogens (tertiary/aromatic N) is 2. The van der Waals surface area contributed by atoms with E-state index in [9.17, 15) is 4.79 Å². The molecule has 0 aliphatic rings. The average Bonchev–Trinajstić information content (AvgIpc) is 3.19. The predicted molar refractivity (Wildman–Crippen MR) is 112 cm³/mol. The largest absolute Gasteiger partial charge is 0.497 e. The Labute approximate surface area is 174 Å². The molecule has 0 aliphatic carbocycles. The molecule has 0 saturated carbocycles. The lowest BCUT2D eigenvalue weighted by molar-refractivity contribution is 0.247. The first kappa shape index (κ1) is 20.7. The zero-order valence-corrected chi connectivity index (χ0v) is 16.8. The number of methoxy groups -OCH3 is 1. The molecule has 3 aromatic rings. The van der Waals surface area contributed by atoms with Crippen LogP contribution in [0, 0.1) is 0 Å². The Hall–Kier alpha value is -3.03. The van der Waals surface area contributed by atoms with Gasteiger partial charge in [-0.1, -0.05) is 23.7 Å². The fourth-order valence-corrected chi connectivity index (χ4v) is 3.00. The second-order valence-corrected chi connectivity index (χ2v) is 6.87. The van der Waals surface area contributed by atoms with Crippen LogP contribution in [-0.4, -0.2) is 34.6 Å². The summed E-state index contributed by atoms with van der Waals surface area (Å²) in [5.41, 5.74) is 2.38. The third-order valence-corrected chi connectivity index (χ3v) is 4.61. The van der Waals surface area contributed by atoms with E-state index in [4.69, 9.17) is 21.4 Å². The molecule has 152 valence electrons. The molecule has 3 N–H and O–H groups in total. The highest BCUT2D eigenvalue weighted by molar-refractivity contribution is 6.30. The van der Waals surface area contributed by atoms with Gasteiger partial charge >= 0.3 is 6.03 Å². The van der Waals surface area contributed by atoms with E-state index in [1.54, 1.807) is 42.3 Å². The topological polar surface area (TPSA) is 88.4 Å². The molecule has 8 heteroatoms. The smallest absolute Gasteiger partial charge is 0.319 e. The van der Waals surface area contributed by atoms with Crippen molar-refractivity contribution in [2.45, 2.75) is 19.0 Å². The van der Waals surface area contributed by atoms with Gasteiger partial charge in [-0.05, 0) is 54.4 Å². The number of halogens is 1. The fourth-order valence-electron chi connectivity index (χ4n) is 2.88. The van der Waals surface area contributed by atoms with Crippen molar-refractivity contribution in [3.63, 3.8) is 0 Å². The first-order valence-corrected chi connectivity index (χ1v) is 9.55. The van der Waals surface area contributed by atoms with E-state index in [0.717, 1.165) is 11.3 Å². The molecule has 0 saturated heterocycles. The fraction of sp³-hybridized carbons (Fsp3) is 0.238. The second-order valence-electron chi connectivity index (χ2n) is 6.44. The minimum Gasteiger partial charge on any atom is -0.497 e. The summed E-state index contributed by atoms with van der Waals surface area (Å²) in [5.74, 6) is 0.769. The number of carbonyl (C=O) groups excluding carboxylic acids is 1. The molecule has 7 nitrogen and oxygen atoms in total. The second kappa shape index (κ2) is 9.95. The van der Waals surface area contributed by atoms with Crippen LogP contribution in [0.4, 0.5) is 10.5 Å². The van der Waals surface area contributed by atoms with Crippen LogP contribution in [-0.2, 0) is 13.0 Å². The molecule has 29 heavy (non-hydrogen) atoms. The number of amides is 2. The van der Waals surface area contributed by atoms with Gasteiger partial charge in [-0.2, -0.15) is 5.10 Å². The van der Waals surface area contributed by atoms with Crippen molar-refractivity contribution in [1.82, 2.24) is 15.1 Å². The van der Waals surface area contributed by atoms with Crippen molar-refractivity contribution >= 4 is 23.3 Å². The van der Waals surface area contributed by atoms with Gasteiger partial charge < -0.3 is 20.5 Å². The standard InChI is InChI=1S/C21H23ClN4O3/c1-29-18-8-2-15(3-9-18)14-20(19-10-11-26(25-19)12-13-27)24-21(28)23-17-6-4-16(22)5-7-17/h2-11,20,27H,12-14H2,1H3,(H2,23,24,28)/t20-/m0/s1. The highest BCUT2D eigenvalue weighted by Crippen LogP contribution is 2.20. The van der Waals surface area contributed by atoms with Crippen molar-refractivity contribution in [3.8, 4) is 5.75 Å². The molecule has 1 aromatic heterocycles. The summed E-state index contributed by atoms with van der Waals surface area (Å²) in [5, 5.41) is 20.0. The van der Waals surface area contributed by atoms with E-state index < -0.39 is 0 Å². The molecule has 1 heterocycles. The number of urea groups is 1. The minimum absolute atomic E-state index is 0.00521. The molecule has 0 bridgehead atoms. The van der Waals surface area contributed by atoms with Crippen LogP contribution in [0.2, 0.25) is 5.02 Å². The monoisotopic (exact) mass is 414 g/mol. The molecule has 0 aliphatic heterocycles. The molecule has 0 fully saturated rings. The lowest BCUT2D eigenvalue weighted by atomic mass is 10.0. The number of hydrogen-bond acceptors (Lipinski definition) is 4. The Bertz CT molecular complexity index is 926. The van der Waals surface area contributed by atoms with Crippen LogP contribution in [0.5, 0.6) is 5.75 Å². The highest BCUT2D eigenvalue weighted by atomic mass is 35.5. The number of aliphatic hydroxyl groups excluding tert-OH is 1. The van der Waals surface area contributed by atoms with Gasteiger partial charge in [0.05, 0.1) is 32.0 Å². The van der Waals surface area contributed by atoms with E-state index in [0.29, 0.717) is 29.4 Å². The molecular weight excluding hydrogens is 392 g/mol. The first-order chi connectivity index (χ1) is 14.1. The maximum absolute atomic E-state index is 12.6. The Morgan fingerprint density at radius 2 is 1.90 bits per heavy atom. The number of carbonyl (C=O) groups is 1. The van der Waals surface area contributed by atoms with Gasteiger partial charge in [0.2, 0.25) is 0 Å². The quantitative estimate of drug-likeness (QED) is 0.525. The summed E-state index contributed by atoms with van der Waals surface area (Å²) in [4.78, 5) is 12.6. The normalized spacial score (nSPS) is 11.7. The van der Waals surface area contributed by atoms with E-state index >= 15 is 0 Å². The molecule has 2 amide bonds. The molecule has 3 rings (SSSR count). The van der Waals surface area contributed by atoms with Crippen LogP contribution in [0.25, 0.3) is 0 Å².